The standard InChI is InChI=1S/C23H28N4O3/c1-15(14-30-2)25-23-24-12-22-20(18-5-3-4-16(10-18)13-28)11-21(27(22)26-23)17-6-8-19(29)9-7-17/h3-5,10-13,15,17,19,29H,6-9,14H2,1-2H3,(H,25,26)/t15-,17-,19-/m0/s1. The van der Waals surface area contributed by atoms with Gasteiger partial charge in [-0.25, -0.2) is 9.50 Å². The van der Waals surface area contributed by atoms with Crippen LogP contribution in [0.3, 0.4) is 0 Å². The number of rotatable bonds is 7. The van der Waals surface area contributed by atoms with Crippen LogP contribution >= 0.6 is 0 Å². The predicted molar refractivity (Wildman–Crippen MR) is 116 cm³/mol. The molecule has 1 atom stereocenters. The Morgan fingerprint density at radius 1 is 1.30 bits per heavy atom. The molecular weight excluding hydrogens is 380 g/mol. The Bertz CT molecular complexity index is 1020. The van der Waals surface area contributed by atoms with E-state index >= 15 is 0 Å². The summed E-state index contributed by atoms with van der Waals surface area (Å²) in [5.74, 6) is 0.871. The highest BCUT2D eigenvalue weighted by atomic mass is 16.5. The summed E-state index contributed by atoms with van der Waals surface area (Å²) < 4.78 is 7.17. The Morgan fingerprint density at radius 2 is 2.10 bits per heavy atom. The molecule has 30 heavy (non-hydrogen) atoms. The first kappa shape index (κ1) is 20.5. The molecule has 0 spiro atoms. The van der Waals surface area contributed by atoms with Gasteiger partial charge >= 0.3 is 0 Å². The molecule has 1 saturated carbocycles. The number of benzene rings is 1. The van der Waals surface area contributed by atoms with Crippen molar-refractivity contribution in [1.29, 1.82) is 0 Å². The van der Waals surface area contributed by atoms with Crippen LogP contribution < -0.4 is 5.32 Å². The molecule has 0 aliphatic heterocycles. The number of methoxy groups -OCH3 is 1. The molecule has 4 rings (SSSR count). The van der Waals surface area contributed by atoms with Crippen molar-refractivity contribution in [3.05, 3.63) is 47.8 Å². The van der Waals surface area contributed by atoms with Gasteiger partial charge in [0.25, 0.3) is 0 Å². The number of aliphatic hydroxyl groups is 1. The number of hydrogen-bond acceptors (Lipinski definition) is 6. The summed E-state index contributed by atoms with van der Waals surface area (Å²) in [6.07, 6.45) is 5.93. The first-order valence-electron chi connectivity index (χ1n) is 10.5. The number of aliphatic hydroxyl groups excluding tert-OH is 1. The van der Waals surface area contributed by atoms with Crippen molar-refractivity contribution in [2.45, 2.75) is 50.7 Å². The summed E-state index contributed by atoms with van der Waals surface area (Å²) in [6.45, 7) is 2.58. The third-order valence-electron chi connectivity index (χ3n) is 5.79. The number of aldehydes is 1. The fourth-order valence-corrected chi connectivity index (χ4v) is 4.27. The quantitative estimate of drug-likeness (QED) is 0.580. The number of ether oxygens (including phenoxy) is 1. The third kappa shape index (κ3) is 4.22. The van der Waals surface area contributed by atoms with Crippen LogP contribution in [-0.2, 0) is 4.74 Å². The van der Waals surface area contributed by atoms with Crippen molar-refractivity contribution in [3.63, 3.8) is 0 Å². The van der Waals surface area contributed by atoms with Gasteiger partial charge in [0.15, 0.2) is 0 Å². The number of nitrogens with zero attached hydrogens (tertiary/aromatic N) is 3. The molecule has 7 nitrogen and oxygen atoms in total. The highest BCUT2D eigenvalue weighted by Gasteiger charge is 2.25. The number of aromatic nitrogens is 3. The number of carbonyl (C=O) groups excluding carboxylic acids is 1. The molecule has 2 N–H and O–H groups in total. The van der Waals surface area contributed by atoms with Gasteiger partial charge in [-0.1, -0.05) is 18.2 Å². The van der Waals surface area contributed by atoms with Gasteiger partial charge in [-0.05, 0) is 50.3 Å². The summed E-state index contributed by atoms with van der Waals surface area (Å²) in [5, 5.41) is 18.0. The molecule has 2 heterocycles. The average Bonchev–Trinajstić information content (AvgIpc) is 3.13. The molecule has 158 valence electrons. The molecule has 1 aliphatic rings. The van der Waals surface area contributed by atoms with Crippen molar-refractivity contribution in [2.75, 3.05) is 19.0 Å². The van der Waals surface area contributed by atoms with Gasteiger partial charge in [0.1, 0.15) is 6.29 Å². The molecule has 1 aliphatic carbocycles. The maximum Gasteiger partial charge on any atom is 0.241 e. The Labute approximate surface area is 176 Å². The molecule has 0 unspecified atom stereocenters. The van der Waals surface area contributed by atoms with Crippen LogP contribution in [0.5, 0.6) is 0 Å². The van der Waals surface area contributed by atoms with Crippen molar-refractivity contribution in [1.82, 2.24) is 14.6 Å². The first-order valence-corrected chi connectivity index (χ1v) is 10.5. The van der Waals surface area contributed by atoms with E-state index in [0.717, 1.165) is 54.3 Å². The molecule has 2 aromatic heterocycles. The second-order valence-electron chi connectivity index (χ2n) is 8.11. The summed E-state index contributed by atoms with van der Waals surface area (Å²) >= 11 is 0. The number of anilines is 1. The second kappa shape index (κ2) is 8.93. The SMILES string of the molecule is COC[C@H](C)Nc1ncc2c(-c3cccc(C=O)c3)cc([C@H]3CC[C@H](O)CC3)n2n1. The minimum absolute atomic E-state index is 0.0834. The second-order valence-corrected chi connectivity index (χ2v) is 8.11. The van der Waals surface area contributed by atoms with E-state index in [0.29, 0.717) is 24.0 Å². The lowest BCUT2D eigenvalue weighted by Gasteiger charge is -2.25. The van der Waals surface area contributed by atoms with E-state index in [-0.39, 0.29) is 12.1 Å². The van der Waals surface area contributed by atoms with Gasteiger partial charge in [0, 0.05) is 35.9 Å². The van der Waals surface area contributed by atoms with E-state index in [1.807, 2.05) is 35.8 Å². The van der Waals surface area contributed by atoms with Gasteiger partial charge < -0.3 is 15.2 Å². The molecule has 3 aromatic rings. The average molecular weight is 409 g/mol. The predicted octanol–water partition coefficient (Wildman–Crippen LogP) is 3.67. The van der Waals surface area contributed by atoms with E-state index < -0.39 is 0 Å². The fourth-order valence-electron chi connectivity index (χ4n) is 4.27. The Hall–Kier alpha value is -2.77. The maximum absolute atomic E-state index is 11.3. The van der Waals surface area contributed by atoms with E-state index in [4.69, 9.17) is 9.84 Å². The molecule has 0 amide bonds. The highest BCUT2D eigenvalue weighted by Crippen LogP contribution is 2.37. The van der Waals surface area contributed by atoms with Crippen LogP contribution in [0.2, 0.25) is 0 Å². The van der Waals surface area contributed by atoms with Gasteiger partial charge in [0.2, 0.25) is 5.95 Å². The van der Waals surface area contributed by atoms with Crippen LogP contribution in [0.4, 0.5) is 5.95 Å². The van der Waals surface area contributed by atoms with Gasteiger partial charge in [0.05, 0.1) is 24.4 Å². The molecule has 0 bridgehead atoms. The van der Waals surface area contributed by atoms with Crippen LogP contribution in [0, 0.1) is 0 Å². The third-order valence-corrected chi connectivity index (χ3v) is 5.79. The molecule has 0 radical (unpaired) electrons. The Kier molecular flexibility index (Phi) is 6.11. The van der Waals surface area contributed by atoms with Crippen molar-refractivity contribution >= 4 is 17.8 Å². The number of nitrogens with one attached hydrogen (secondary N) is 1. The molecule has 1 fully saturated rings. The van der Waals surface area contributed by atoms with Crippen molar-refractivity contribution in [2.24, 2.45) is 0 Å². The van der Waals surface area contributed by atoms with Crippen molar-refractivity contribution < 1.29 is 14.6 Å². The molecular formula is C23H28N4O3. The maximum atomic E-state index is 11.3. The van der Waals surface area contributed by atoms with E-state index in [1.165, 1.54) is 0 Å². The first-order chi connectivity index (χ1) is 14.6. The number of fused-ring (bicyclic) bond motifs is 1. The molecule has 1 aromatic carbocycles. The minimum Gasteiger partial charge on any atom is -0.393 e. The van der Waals surface area contributed by atoms with Crippen LogP contribution in [0.15, 0.2) is 36.5 Å². The zero-order valence-electron chi connectivity index (χ0n) is 17.4. The largest absolute Gasteiger partial charge is 0.393 e. The lowest BCUT2D eigenvalue weighted by atomic mass is 9.85. The lowest BCUT2D eigenvalue weighted by molar-refractivity contribution is 0.112. The van der Waals surface area contributed by atoms with Gasteiger partial charge in [-0.15, -0.1) is 5.10 Å². The van der Waals surface area contributed by atoms with Crippen LogP contribution in [-0.4, -0.2) is 51.9 Å². The zero-order valence-corrected chi connectivity index (χ0v) is 17.4. The minimum atomic E-state index is -0.210. The molecule has 0 saturated heterocycles. The molecule has 7 heteroatoms. The summed E-state index contributed by atoms with van der Waals surface area (Å²) in [5.41, 5.74) is 4.65. The topological polar surface area (TPSA) is 88.8 Å². The van der Waals surface area contributed by atoms with Crippen LogP contribution in [0.1, 0.15) is 54.6 Å². The normalized spacial score (nSPS) is 20.2. The van der Waals surface area contributed by atoms with Gasteiger partial charge in [-0.3, -0.25) is 4.79 Å². The highest BCUT2D eigenvalue weighted by molar-refractivity contribution is 5.85. The van der Waals surface area contributed by atoms with Crippen LogP contribution in [0.25, 0.3) is 16.6 Å². The van der Waals surface area contributed by atoms with E-state index in [1.54, 1.807) is 13.2 Å². The van der Waals surface area contributed by atoms with E-state index in [9.17, 15) is 9.90 Å². The monoisotopic (exact) mass is 408 g/mol. The number of hydrogen-bond donors (Lipinski definition) is 2. The van der Waals surface area contributed by atoms with E-state index in [2.05, 4.69) is 16.4 Å². The lowest BCUT2D eigenvalue weighted by Crippen LogP contribution is -2.23. The summed E-state index contributed by atoms with van der Waals surface area (Å²) in [7, 11) is 1.67. The summed E-state index contributed by atoms with van der Waals surface area (Å²) in [4.78, 5) is 15.8. The zero-order chi connectivity index (χ0) is 21.1. The number of carbonyl (C=O) groups is 1. The smallest absolute Gasteiger partial charge is 0.241 e. The van der Waals surface area contributed by atoms with Gasteiger partial charge in [-0.2, -0.15) is 0 Å². The Balaban J connectivity index is 1.79. The summed E-state index contributed by atoms with van der Waals surface area (Å²) in [6, 6.07) is 9.84. The fraction of sp³-hybridized carbons (Fsp3) is 0.435. The van der Waals surface area contributed by atoms with Crippen molar-refractivity contribution in [3.8, 4) is 11.1 Å². The Morgan fingerprint density at radius 3 is 2.83 bits per heavy atom.